The predicted molar refractivity (Wildman–Crippen MR) is 97.4 cm³/mol. The molecule has 2 aromatic rings. The SMILES string of the molecule is COc1cc(CCNCC(O)c2cc(O)cc(O)c2)cc(OC)c1OC. The fraction of sp³-hybridized carbons (Fsp3) is 0.368. The third kappa shape index (κ3) is 4.93. The molecule has 0 radical (unpaired) electrons. The summed E-state index contributed by atoms with van der Waals surface area (Å²) >= 11 is 0. The molecule has 7 heteroatoms. The first kappa shape index (κ1) is 19.7. The standard InChI is InChI=1S/C19H25NO6/c1-24-17-6-12(7-18(25-2)19(17)26-3)4-5-20-11-16(23)13-8-14(21)10-15(22)9-13/h6-10,16,20-23H,4-5,11H2,1-3H3. The van der Waals surface area contributed by atoms with Crippen molar-refractivity contribution in [1.82, 2.24) is 5.32 Å². The van der Waals surface area contributed by atoms with E-state index in [9.17, 15) is 15.3 Å². The summed E-state index contributed by atoms with van der Waals surface area (Å²) in [5, 5.41) is 32.3. The zero-order chi connectivity index (χ0) is 19.1. The van der Waals surface area contributed by atoms with Gasteiger partial charge in [0, 0.05) is 12.6 Å². The lowest BCUT2D eigenvalue weighted by molar-refractivity contribution is 0.174. The van der Waals surface area contributed by atoms with Crippen molar-refractivity contribution in [3.63, 3.8) is 0 Å². The van der Waals surface area contributed by atoms with Gasteiger partial charge in [-0.25, -0.2) is 0 Å². The highest BCUT2D eigenvalue weighted by atomic mass is 16.5. The highest BCUT2D eigenvalue weighted by molar-refractivity contribution is 5.53. The van der Waals surface area contributed by atoms with Gasteiger partial charge in [-0.15, -0.1) is 0 Å². The molecular weight excluding hydrogens is 338 g/mol. The van der Waals surface area contributed by atoms with Crippen LogP contribution in [0.5, 0.6) is 28.7 Å². The third-order valence-corrected chi connectivity index (χ3v) is 3.96. The maximum absolute atomic E-state index is 10.2. The number of ether oxygens (including phenoxy) is 3. The summed E-state index contributed by atoms with van der Waals surface area (Å²) in [6.07, 6.45) is -0.151. The number of phenolic OH excluding ortho intramolecular Hbond substituents is 2. The van der Waals surface area contributed by atoms with E-state index in [-0.39, 0.29) is 18.0 Å². The van der Waals surface area contributed by atoms with Gasteiger partial charge >= 0.3 is 0 Å². The minimum atomic E-state index is -0.840. The highest BCUT2D eigenvalue weighted by Gasteiger charge is 2.13. The first-order chi connectivity index (χ1) is 12.5. The monoisotopic (exact) mass is 363 g/mol. The van der Waals surface area contributed by atoms with Crippen molar-refractivity contribution in [2.45, 2.75) is 12.5 Å². The second-order valence-corrected chi connectivity index (χ2v) is 5.79. The Morgan fingerprint density at radius 1 is 0.885 bits per heavy atom. The normalized spacial score (nSPS) is 11.8. The summed E-state index contributed by atoms with van der Waals surface area (Å²) in [6, 6.07) is 7.82. The van der Waals surface area contributed by atoms with E-state index in [1.807, 2.05) is 12.1 Å². The number of rotatable bonds is 9. The summed E-state index contributed by atoms with van der Waals surface area (Å²) in [4.78, 5) is 0. The van der Waals surface area contributed by atoms with Gasteiger partial charge in [-0.2, -0.15) is 0 Å². The van der Waals surface area contributed by atoms with Crippen LogP contribution in [0.4, 0.5) is 0 Å². The number of methoxy groups -OCH3 is 3. The fourth-order valence-corrected chi connectivity index (χ4v) is 2.68. The largest absolute Gasteiger partial charge is 0.508 e. The second-order valence-electron chi connectivity index (χ2n) is 5.79. The maximum atomic E-state index is 10.2. The van der Waals surface area contributed by atoms with Gasteiger partial charge in [0.05, 0.1) is 27.4 Å². The van der Waals surface area contributed by atoms with Crippen LogP contribution in [0.3, 0.4) is 0 Å². The fourth-order valence-electron chi connectivity index (χ4n) is 2.68. The third-order valence-electron chi connectivity index (χ3n) is 3.96. The number of hydrogen-bond donors (Lipinski definition) is 4. The van der Waals surface area contributed by atoms with Gasteiger partial charge in [0.25, 0.3) is 0 Å². The summed E-state index contributed by atoms with van der Waals surface area (Å²) in [5.41, 5.74) is 1.44. The molecule has 2 aromatic carbocycles. The summed E-state index contributed by atoms with van der Waals surface area (Å²) < 4.78 is 16.0. The molecule has 4 N–H and O–H groups in total. The molecule has 0 aliphatic heterocycles. The van der Waals surface area contributed by atoms with Crippen LogP contribution in [0.15, 0.2) is 30.3 Å². The van der Waals surface area contributed by atoms with E-state index in [1.54, 1.807) is 21.3 Å². The van der Waals surface area contributed by atoms with Crippen LogP contribution in [0.1, 0.15) is 17.2 Å². The quantitative estimate of drug-likeness (QED) is 0.506. The Morgan fingerprint density at radius 2 is 1.46 bits per heavy atom. The molecule has 0 heterocycles. The van der Waals surface area contributed by atoms with Crippen LogP contribution in [0.2, 0.25) is 0 Å². The number of aromatic hydroxyl groups is 2. The second kappa shape index (κ2) is 9.17. The molecule has 26 heavy (non-hydrogen) atoms. The zero-order valence-electron chi connectivity index (χ0n) is 15.2. The van der Waals surface area contributed by atoms with Gasteiger partial charge in [0.1, 0.15) is 11.5 Å². The minimum absolute atomic E-state index is 0.0866. The molecule has 0 aromatic heterocycles. The van der Waals surface area contributed by atoms with Crippen molar-refractivity contribution >= 4 is 0 Å². The van der Waals surface area contributed by atoms with Gasteiger partial charge < -0.3 is 34.8 Å². The van der Waals surface area contributed by atoms with Crippen LogP contribution in [-0.4, -0.2) is 49.7 Å². The summed E-state index contributed by atoms with van der Waals surface area (Å²) in [6.45, 7) is 0.897. The number of aliphatic hydroxyl groups excluding tert-OH is 1. The Labute approximate surface area is 152 Å². The predicted octanol–water partition coefficient (Wildman–Crippen LogP) is 1.99. The number of aliphatic hydroxyl groups is 1. The zero-order valence-corrected chi connectivity index (χ0v) is 15.2. The number of phenols is 2. The van der Waals surface area contributed by atoms with Crippen molar-refractivity contribution in [2.75, 3.05) is 34.4 Å². The molecule has 0 saturated heterocycles. The van der Waals surface area contributed by atoms with Crippen molar-refractivity contribution in [3.05, 3.63) is 41.5 Å². The summed E-state index contributed by atoms with van der Waals surface area (Å²) in [7, 11) is 4.70. The Kier molecular flexibility index (Phi) is 6.94. The molecule has 2 rings (SSSR count). The molecule has 142 valence electrons. The highest BCUT2D eigenvalue weighted by Crippen LogP contribution is 2.38. The molecule has 7 nitrogen and oxygen atoms in total. The molecule has 1 unspecified atom stereocenters. The van der Waals surface area contributed by atoms with Gasteiger partial charge in [-0.05, 0) is 48.4 Å². The maximum Gasteiger partial charge on any atom is 0.203 e. The van der Waals surface area contributed by atoms with E-state index in [0.29, 0.717) is 35.8 Å². The van der Waals surface area contributed by atoms with E-state index < -0.39 is 6.10 Å². The van der Waals surface area contributed by atoms with Crippen LogP contribution < -0.4 is 19.5 Å². The topological polar surface area (TPSA) is 100 Å². The number of nitrogens with one attached hydrogen (secondary N) is 1. The summed E-state index contributed by atoms with van der Waals surface area (Å²) in [5.74, 6) is 1.56. The lowest BCUT2D eigenvalue weighted by Crippen LogP contribution is -2.23. The van der Waals surface area contributed by atoms with Gasteiger partial charge in [0.2, 0.25) is 5.75 Å². The van der Waals surface area contributed by atoms with Crippen molar-refractivity contribution in [3.8, 4) is 28.7 Å². The first-order valence-electron chi connectivity index (χ1n) is 8.19. The van der Waals surface area contributed by atoms with Gasteiger partial charge in [0.15, 0.2) is 11.5 Å². The molecule has 0 aliphatic rings. The van der Waals surface area contributed by atoms with Crippen LogP contribution in [0.25, 0.3) is 0 Å². The van der Waals surface area contributed by atoms with Crippen LogP contribution >= 0.6 is 0 Å². The van der Waals surface area contributed by atoms with Crippen molar-refractivity contribution < 1.29 is 29.5 Å². The van der Waals surface area contributed by atoms with E-state index >= 15 is 0 Å². The number of benzene rings is 2. The van der Waals surface area contributed by atoms with E-state index in [0.717, 1.165) is 5.56 Å². The number of hydrogen-bond acceptors (Lipinski definition) is 7. The molecule has 0 spiro atoms. The van der Waals surface area contributed by atoms with Crippen molar-refractivity contribution in [1.29, 1.82) is 0 Å². The Hall–Kier alpha value is -2.64. The molecular formula is C19H25NO6. The van der Waals surface area contributed by atoms with Crippen molar-refractivity contribution in [2.24, 2.45) is 0 Å². The van der Waals surface area contributed by atoms with E-state index in [1.165, 1.54) is 18.2 Å². The van der Waals surface area contributed by atoms with Crippen LogP contribution in [-0.2, 0) is 6.42 Å². The molecule has 0 amide bonds. The molecule has 1 atom stereocenters. The Balaban J connectivity index is 1.93. The lowest BCUT2D eigenvalue weighted by atomic mass is 10.1. The lowest BCUT2D eigenvalue weighted by Gasteiger charge is -2.15. The molecule has 0 aliphatic carbocycles. The molecule has 0 bridgehead atoms. The Bertz CT molecular complexity index is 689. The average molecular weight is 363 g/mol. The van der Waals surface area contributed by atoms with Gasteiger partial charge in [-0.3, -0.25) is 0 Å². The van der Waals surface area contributed by atoms with E-state index in [4.69, 9.17) is 14.2 Å². The first-order valence-corrected chi connectivity index (χ1v) is 8.19. The average Bonchev–Trinajstić information content (AvgIpc) is 2.63. The van der Waals surface area contributed by atoms with E-state index in [2.05, 4.69) is 5.32 Å². The minimum Gasteiger partial charge on any atom is -0.508 e. The molecule has 0 fully saturated rings. The Morgan fingerprint density at radius 3 is 1.96 bits per heavy atom. The molecule has 0 saturated carbocycles. The van der Waals surface area contributed by atoms with Crippen LogP contribution in [0, 0.1) is 0 Å². The van der Waals surface area contributed by atoms with Gasteiger partial charge in [-0.1, -0.05) is 0 Å². The smallest absolute Gasteiger partial charge is 0.203 e.